The van der Waals surface area contributed by atoms with Crippen LogP contribution in [0, 0.1) is 0 Å². The van der Waals surface area contributed by atoms with Gasteiger partial charge in [-0.25, -0.2) is 0 Å². The number of fused-ring (bicyclic) bond motifs is 1. The van der Waals surface area contributed by atoms with Crippen LogP contribution in [0.3, 0.4) is 0 Å². The van der Waals surface area contributed by atoms with Crippen LogP contribution in [0.15, 0.2) is 22.6 Å². The van der Waals surface area contributed by atoms with Crippen molar-refractivity contribution in [3.05, 3.63) is 34.4 Å². The van der Waals surface area contributed by atoms with E-state index in [-0.39, 0.29) is 0 Å². The quantitative estimate of drug-likeness (QED) is 0.785. The Morgan fingerprint density at radius 2 is 2.06 bits per heavy atom. The number of benzene rings is 1. The summed E-state index contributed by atoms with van der Waals surface area (Å²) in [5.41, 5.74) is 4.45. The van der Waals surface area contributed by atoms with Crippen LogP contribution in [-0.2, 0) is 6.42 Å². The highest BCUT2D eigenvalue weighted by Gasteiger charge is 2.03. The number of hydrogen-bond donors (Lipinski definition) is 0. The van der Waals surface area contributed by atoms with E-state index in [1.807, 2.05) is 0 Å². The van der Waals surface area contributed by atoms with Gasteiger partial charge in [-0.2, -0.15) is 0 Å². The van der Waals surface area contributed by atoms with E-state index in [2.05, 4.69) is 45.5 Å². The fraction of sp³-hybridized carbons (Fsp3) is 0.375. The van der Waals surface area contributed by atoms with Crippen molar-refractivity contribution in [2.24, 2.45) is 0 Å². The number of furan rings is 1. The van der Waals surface area contributed by atoms with Gasteiger partial charge in [0.1, 0.15) is 11.0 Å². The fourth-order valence-corrected chi connectivity index (χ4v) is 2.13. The average Bonchev–Trinajstić information content (AvgIpc) is 2.64. The monoisotopic (exact) mass is 228 g/mol. The Hall–Kier alpha value is -1.50. The molecule has 0 aliphatic carbocycles. The first-order valence-corrected chi connectivity index (χ1v) is 6.31. The largest absolute Gasteiger partial charge is 0.456 e. The van der Waals surface area contributed by atoms with Gasteiger partial charge in [0.05, 0.1) is 0 Å². The first kappa shape index (κ1) is 12.0. The van der Waals surface area contributed by atoms with Crippen molar-refractivity contribution in [3.8, 4) is 0 Å². The normalized spacial score (nSPS) is 11.0. The lowest BCUT2D eigenvalue weighted by molar-refractivity contribution is 0.571. The van der Waals surface area contributed by atoms with Crippen molar-refractivity contribution >= 4 is 23.1 Å². The Bertz CT molecular complexity index is 627. The highest BCUT2D eigenvalue weighted by Crippen LogP contribution is 2.14. The van der Waals surface area contributed by atoms with Crippen molar-refractivity contribution in [1.82, 2.24) is 0 Å². The van der Waals surface area contributed by atoms with Gasteiger partial charge in [-0.3, -0.25) is 0 Å². The van der Waals surface area contributed by atoms with E-state index in [0.717, 1.165) is 28.0 Å². The van der Waals surface area contributed by atoms with Gasteiger partial charge >= 0.3 is 0 Å². The molecule has 1 aromatic heterocycles. The van der Waals surface area contributed by atoms with E-state index < -0.39 is 0 Å². The first-order chi connectivity index (χ1) is 8.13. The summed E-state index contributed by atoms with van der Waals surface area (Å²) in [6, 6.07) is 6.49. The zero-order valence-electron chi connectivity index (χ0n) is 11.0. The third kappa shape index (κ3) is 2.28. The van der Waals surface area contributed by atoms with Gasteiger partial charge in [-0.15, -0.1) is 0 Å². The maximum absolute atomic E-state index is 5.88. The van der Waals surface area contributed by atoms with Gasteiger partial charge in [0.2, 0.25) is 0 Å². The van der Waals surface area contributed by atoms with Crippen LogP contribution in [0.25, 0.3) is 23.1 Å². The molecule has 0 radical (unpaired) electrons. The second kappa shape index (κ2) is 4.79. The molecule has 0 saturated heterocycles. The predicted octanol–water partition coefficient (Wildman–Crippen LogP) is 3.38. The molecule has 0 unspecified atom stereocenters. The summed E-state index contributed by atoms with van der Waals surface area (Å²) in [6.45, 7) is 10.4. The van der Waals surface area contributed by atoms with Crippen LogP contribution in [0.2, 0.25) is 0 Å². The molecule has 0 atom stereocenters. The molecule has 0 spiro atoms. The first-order valence-electron chi connectivity index (χ1n) is 6.31. The molecule has 0 fully saturated rings. The zero-order valence-corrected chi connectivity index (χ0v) is 11.0. The summed E-state index contributed by atoms with van der Waals surface area (Å²) in [4.78, 5) is 0. The molecule has 2 aromatic rings. The molecule has 1 aromatic carbocycles. The van der Waals surface area contributed by atoms with Gasteiger partial charge in [0, 0.05) is 10.6 Å². The Balaban J connectivity index is 2.57. The van der Waals surface area contributed by atoms with E-state index >= 15 is 0 Å². The van der Waals surface area contributed by atoms with E-state index in [1.54, 1.807) is 0 Å². The molecule has 0 bridgehead atoms. The van der Waals surface area contributed by atoms with Gasteiger partial charge < -0.3 is 4.42 Å². The Morgan fingerprint density at radius 3 is 2.71 bits per heavy atom. The minimum Gasteiger partial charge on any atom is -0.456 e. The highest BCUT2D eigenvalue weighted by atomic mass is 16.3. The molecule has 0 aliphatic heterocycles. The number of aryl methyl sites for hydroxylation is 1. The van der Waals surface area contributed by atoms with Crippen molar-refractivity contribution < 1.29 is 4.42 Å². The van der Waals surface area contributed by atoms with Gasteiger partial charge in [-0.05, 0) is 43.9 Å². The summed E-state index contributed by atoms with van der Waals surface area (Å²) in [6.07, 6.45) is 3.59. The van der Waals surface area contributed by atoms with Crippen LogP contribution in [0.4, 0.5) is 0 Å². The van der Waals surface area contributed by atoms with Gasteiger partial charge in [0.25, 0.3) is 0 Å². The molecular formula is C16H20O. The van der Waals surface area contributed by atoms with Crippen LogP contribution < -0.4 is 10.6 Å². The number of unbranched alkanes of at least 4 members (excludes halogenated alkanes) is 1. The molecule has 17 heavy (non-hydrogen) atoms. The third-order valence-electron chi connectivity index (χ3n) is 3.13. The smallest absolute Gasteiger partial charge is 0.135 e. The van der Waals surface area contributed by atoms with Crippen molar-refractivity contribution in [3.63, 3.8) is 0 Å². The molecule has 1 heteroatoms. The minimum absolute atomic E-state index is 0.938. The van der Waals surface area contributed by atoms with Crippen LogP contribution in [-0.4, -0.2) is 0 Å². The average molecular weight is 228 g/mol. The molecule has 0 aliphatic rings. The summed E-state index contributed by atoms with van der Waals surface area (Å²) < 4.78 is 5.88. The molecule has 0 saturated carbocycles. The molecule has 1 nitrogen and oxygen atoms in total. The SMILES string of the molecule is C=c1c(=C(C)C)oc2cc(CCCC)ccc12. The van der Waals surface area contributed by atoms with Crippen molar-refractivity contribution in [2.75, 3.05) is 0 Å². The lowest BCUT2D eigenvalue weighted by Gasteiger charge is -1.98. The second-order valence-electron chi connectivity index (χ2n) is 4.84. The lowest BCUT2D eigenvalue weighted by atomic mass is 10.1. The molecule has 0 N–H and O–H groups in total. The molecule has 90 valence electrons. The van der Waals surface area contributed by atoms with Crippen molar-refractivity contribution in [1.29, 1.82) is 0 Å². The van der Waals surface area contributed by atoms with Crippen LogP contribution in [0.1, 0.15) is 39.2 Å². The molecule has 0 amide bonds. The number of rotatable bonds is 3. The van der Waals surface area contributed by atoms with E-state index in [1.165, 1.54) is 24.0 Å². The van der Waals surface area contributed by atoms with Crippen molar-refractivity contribution in [2.45, 2.75) is 40.0 Å². The lowest BCUT2D eigenvalue weighted by Crippen LogP contribution is -2.19. The standard InChI is InChI=1S/C16H20O/c1-5-6-7-13-8-9-14-12(4)16(11(2)3)17-15(14)10-13/h8-10H,4-7H2,1-3H3. The summed E-state index contributed by atoms with van der Waals surface area (Å²) in [5.74, 6) is 0. The second-order valence-corrected chi connectivity index (χ2v) is 4.84. The Kier molecular flexibility index (Phi) is 3.37. The summed E-state index contributed by atoms with van der Waals surface area (Å²) in [7, 11) is 0. The maximum atomic E-state index is 5.88. The van der Waals surface area contributed by atoms with Gasteiger partial charge in [-0.1, -0.05) is 32.1 Å². The zero-order chi connectivity index (χ0) is 12.4. The molecule has 1 heterocycles. The predicted molar refractivity (Wildman–Crippen MR) is 74.4 cm³/mol. The molecule has 2 rings (SSSR count). The van der Waals surface area contributed by atoms with E-state index in [9.17, 15) is 0 Å². The van der Waals surface area contributed by atoms with E-state index in [0.29, 0.717) is 0 Å². The third-order valence-corrected chi connectivity index (χ3v) is 3.13. The topological polar surface area (TPSA) is 13.1 Å². The van der Waals surface area contributed by atoms with Crippen LogP contribution in [0.5, 0.6) is 0 Å². The molecular weight excluding hydrogens is 208 g/mol. The highest BCUT2D eigenvalue weighted by molar-refractivity contribution is 5.79. The van der Waals surface area contributed by atoms with Gasteiger partial charge in [0.15, 0.2) is 0 Å². The summed E-state index contributed by atoms with van der Waals surface area (Å²) in [5, 5.41) is 2.16. The Morgan fingerprint density at radius 1 is 1.29 bits per heavy atom. The Labute approximate surface area is 102 Å². The van der Waals surface area contributed by atoms with Crippen LogP contribution >= 0.6 is 0 Å². The summed E-state index contributed by atoms with van der Waals surface area (Å²) >= 11 is 0. The minimum atomic E-state index is 0.938. The maximum Gasteiger partial charge on any atom is 0.135 e. The number of hydrogen-bond acceptors (Lipinski definition) is 1. The fourth-order valence-electron chi connectivity index (χ4n) is 2.13. The van der Waals surface area contributed by atoms with E-state index in [4.69, 9.17) is 4.42 Å².